The second-order valence-electron chi connectivity index (χ2n) is 5.59. The third-order valence-electron chi connectivity index (χ3n) is 3.65. The van der Waals surface area contributed by atoms with E-state index in [-0.39, 0.29) is 18.8 Å². The Balaban J connectivity index is 1.77. The summed E-state index contributed by atoms with van der Waals surface area (Å²) in [4.78, 5) is 5.80. The Bertz CT molecular complexity index is 590. The molecule has 24 heavy (non-hydrogen) atoms. The molecule has 1 fully saturated rings. The summed E-state index contributed by atoms with van der Waals surface area (Å²) in [6, 6.07) is 5.81. The number of rotatable bonds is 6. The molecule has 0 unspecified atom stereocenters. The van der Waals surface area contributed by atoms with Crippen LogP contribution in [0.4, 0.5) is 13.2 Å². The van der Waals surface area contributed by atoms with E-state index >= 15 is 0 Å². The normalized spacial score (nSPS) is 18.4. The van der Waals surface area contributed by atoms with Crippen molar-refractivity contribution in [3.05, 3.63) is 47.3 Å². The highest BCUT2D eigenvalue weighted by molar-refractivity contribution is 8.02. The second kappa shape index (κ2) is 8.58. The molecule has 0 saturated carbocycles. The molecule has 1 aromatic rings. The largest absolute Gasteiger partial charge is 0.433 e. The monoisotopic (exact) mass is 358 g/mol. The third-order valence-corrected chi connectivity index (χ3v) is 4.44. The fourth-order valence-electron chi connectivity index (χ4n) is 2.49. The molecule has 0 atom stereocenters. The molecular formula is C17H21F3N2OS. The summed E-state index contributed by atoms with van der Waals surface area (Å²) in [7, 11) is 1.58. The quantitative estimate of drug-likeness (QED) is 0.434. The van der Waals surface area contributed by atoms with Crippen molar-refractivity contribution >= 4 is 17.7 Å². The maximum atomic E-state index is 13.3. The summed E-state index contributed by atoms with van der Waals surface area (Å²) in [5.41, 5.74) is 0.649. The van der Waals surface area contributed by atoms with E-state index in [1.165, 1.54) is 23.9 Å². The van der Waals surface area contributed by atoms with Gasteiger partial charge in [-0.3, -0.25) is 9.89 Å². The molecule has 132 valence electrons. The highest BCUT2D eigenvalue weighted by atomic mass is 32.2. The molecule has 0 spiro atoms. The minimum atomic E-state index is -2.58. The molecule has 0 aromatic heterocycles. The number of hydrogen-bond acceptors (Lipinski definition) is 4. The van der Waals surface area contributed by atoms with Crippen molar-refractivity contribution in [2.45, 2.75) is 18.8 Å². The van der Waals surface area contributed by atoms with Gasteiger partial charge < -0.3 is 4.74 Å². The Labute approximate surface area is 144 Å². The van der Waals surface area contributed by atoms with Crippen molar-refractivity contribution in [1.29, 1.82) is 0 Å². The maximum absolute atomic E-state index is 13.3. The minimum absolute atomic E-state index is 0.0273. The summed E-state index contributed by atoms with van der Waals surface area (Å²) in [6.07, 6.45) is 0.493. The van der Waals surface area contributed by atoms with Gasteiger partial charge in [0.1, 0.15) is 5.82 Å². The number of thioether (sulfide) groups is 1. The smallest absolute Gasteiger partial charge is 0.260 e. The topological polar surface area (TPSA) is 24.8 Å². The van der Waals surface area contributed by atoms with Gasteiger partial charge in [-0.25, -0.2) is 13.2 Å². The number of ether oxygens (including phenoxy) is 1. The first-order valence-corrected chi connectivity index (χ1v) is 8.71. The van der Waals surface area contributed by atoms with Crippen molar-refractivity contribution < 1.29 is 17.9 Å². The Morgan fingerprint density at radius 1 is 1.38 bits per heavy atom. The highest BCUT2D eigenvalue weighted by Crippen LogP contribution is 2.27. The minimum Gasteiger partial charge on any atom is -0.433 e. The Morgan fingerprint density at radius 2 is 2.08 bits per heavy atom. The van der Waals surface area contributed by atoms with Gasteiger partial charge in [-0.1, -0.05) is 11.8 Å². The lowest BCUT2D eigenvalue weighted by Gasteiger charge is -2.32. The molecule has 0 radical (unpaired) electrons. The maximum Gasteiger partial charge on any atom is 0.260 e. The first-order valence-electron chi connectivity index (χ1n) is 7.72. The van der Waals surface area contributed by atoms with Crippen LogP contribution >= 0.6 is 11.8 Å². The van der Waals surface area contributed by atoms with Gasteiger partial charge in [0.25, 0.3) is 5.92 Å². The summed E-state index contributed by atoms with van der Waals surface area (Å²) >= 11 is 1.35. The van der Waals surface area contributed by atoms with E-state index in [4.69, 9.17) is 4.74 Å². The van der Waals surface area contributed by atoms with E-state index in [0.717, 1.165) is 0 Å². The van der Waals surface area contributed by atoms with E-state index in [1.807, 2.05) is 0 Å². The number of benzene rings is 1. The summed E-state index contributed by atoms with van der Waals surface area (Å²) in [5, 5.41) is 0.434. The van der Waals surface area contributed by atoms with Crippen molar-refractivity contribution in [3.8, 4) is 0 Å². The van der Waals surface area contributed by atoms with Crippen LogP contribution in [0.15, 0.2) is 40.9 Å². The van der Waals surface area contributed by atoms with Gasteiger partial charge in [-0.2, -0.15) is 0 Å². The average Bonchev–Trinajstić information content (AvgIpc) is 2.52. The lowest BCUT2D eigenvalue weighted by atomic mass is 10.1. The van der Waals surface area contributed by atoms with Gasteiger partial charge in [0, 0.05) is 31.3 Å². The van der Waals surface area contributed by atoms with Gasteiger partial charge in [0.2, 0.25) is 5.90 Å². The average molecular weight is 358 g/mol. The number of aliphatic imine (C=N–C) groups is 1. The number of piperidine rings is 1. The first kappa shape index (κ1) is 18.9. The fourth-order valence-corrected chi connectivity index (χ4v) is 3.20. The third kappa shape index (κ3) is 5.87. The highest BCUT2D eigenvalue weighted by Gasteiger charge is 2.34. The van der Waals surface area contributed by atoms with Crippen molar-refractivity contribution in [3.63, 3.8) is 0 Å². The van der Waals surface area contributed by atoms with Crippen LogP contribution in [0.1, 0.15) is 18.4 Å². The molecule has 1 saturated heterocycles. The van der Waals surface area contributed by atoms with E-state index < -0.39 is 5.92 Å². The predicted octanol–water partition coefficient (Wildman–Crippen LogP) is 4.15. The number of hydrogen-bond donors (Lipinski definition) is 0. The molecule has 1 aliphatic heterocycles. The van der Waals surface area contributed by atoms with Crippen molar-refractivity contribution in [1.82, 2.24) is 4.90 Å². The van der Waals surface area contributed by atoms with E-state index in [2.05, 4.69) is 11.6 Å². The lowest BCUT2D eigenvalue weighted by molar-refractivity contribution is -0.0622. The molecule has 7 heteroatoms. The summed E-state index contributed by atoms with van der Waals surface area (Å²) in [5.74, 6) is -1.96. The summed E-state index contributed by atoms with van der Waals surface area (Å²) in [6.45, 7) is 4.88. The SMILES string of the molecule is C=C(OC(=NC)c1ccc(F)cc1)SCCN1CCCC(F)(F)C1. The zero-order valence-corrected chi connectivity index (χ0v) is 14.4. The number of halogens is 3. The van der Waals surface area contributed by atoms with Crippen LogP contribution in [0.2, 0.25) is 0 Å². The molecule has 1 aliphatic rings. The molecule has 2 rings (SSSR count). The van der Waals surface area contributed by atoms with Crippen LogP contribution in [-0.2, 0) is 4.74 Å². The molecule has 0 bridgehead atoms. The fraction of sp³-hybridized carbons (Fsp3) is 0.471. The lowest BCUT2D eigenvalue weighted by Crippen LogP contribution is -2.43. The Morgan fingerprint density at radius 3 is 2.71 bits per heavy atom. The summed E-state index contributed by atoms with van der Waals surface area (Å²) < 4.78 is 45.2. The van der Waals surface area contributed by atoms with E-state index in [9.17, 15) is 13.2 Å². The van der Waals surface area contributed by atoms with Gasteiger partial charge in [0.05, 0.1) is 6.54 Å². The molecule has 0 amide bonds. The van der Waals surface area contributed by atoms with Gasteiger partial charge in [0.15, 0.2) is 5.09 Å². The van der Waals surface area contributed by atoms with Gasteiger partial charge in [-0.05, 0) is 43.8 Å². The van der Waals surface area contributed by atoms with Crippen LogP contribution < -0.4 is 0 Å². The van der Waals surface area contributed by atoms with Crippen molar-refractivity contribution in [2.24, 2.45) is 4.99 Å². The molecule has 1 aromatic carbocycles. The molecule has 3 nitrogen and oxygen atoms in total. The van der Waals surface area contributed by atoms with Crippen molar-refractivity contribution in [2.75, 3.05) is 32.4 Å². The zero-order chi connectivity index (χ0) is 17.6. The van der Waals surface area contributed by atoms with E-state index in [0.29, 0.717) is 41.8 Å². The van der Waals surface area contributed by atoms with Gasteiger partial charge in [-0.15, -0.1) is 0 Å². The first-order chi connectivity index (χ1) is 11.4. The standard InChI is InChI=1S/C17H21F3N2OS/c1-13(23-16(21-2)14-4-6-15(18)7-5-14)24-11-10-22-9-3-8-17(19,20)12-22/h4-7H,1,3,8-12H2,2H3. The Hall–Kier alpha value is -1.47. The zero-order valence-electron chi connectivity index (χ0n) is 13.6. The van der Waals surface area contributed by atoms with Crippen LogP contribution in [0, 0.1) is 5.82 Å². The van der Waals surface area contributed by atoms with Crippen LogP contribution in [0.25, 0.3) is 0 Å². The van der Waals surface area contributed by atoms with E-state index in [1.54, 1.807) is 24.1 Å². The van der Waals surface area contributed by atoms with Gasteiger partial charge >= 0.3 is 0 Å². The molecular weight excluding hydrogens is 337 g/mol. The van der Waals surface area contributed by atoms with Crippen LogP contribution in [0.5, 0.6) is 0 Å². The van der Waals surface area contributed by atoms with Crippen LogP contribution in [0.3, 0.4) is 0 Å². The molecule has 1 heterocycles. The second-order valence-corrected chi connectivity index (χ2v) is 6.75. The Kier molecular flexibility index (Phi) is 6.74. The molecule has 0 N–H and O–H groups in total. The predicted molar refractivity (Wildman–Crippen MR) is 92.2 cm³/mol. The number of likely N-dealkylation sites (tertiary alicyclic amines) is 1. The number of nitrogens with zero attached hydrogens (tertiary/aromatic N) is 2. The molecule has 0 aliphatic carbocycles. The number of alkyl halides is 2. The van der Waals surface area contributed by atoms with Crippen LogP contribution in [-0.4, -0.2) is 49.2 Å².